The lowest BCUT2D eigenvalue weighted by Crippen LogP contribution is -2.48. The Labute approximate surface area is 169 Å². The summed E-state index contributed by atoms with van der Waals surface area (Å²) < 4.78 is 7.37. The number of carbonyl (C=O) groups is 1. The van der Waals surface area contributed by atoms with Gasteiger partial charge in [0.2, 0.25) is 6.08 Å². The molecule has 158 valence electrons. The summed E-state index contributed by atoms with van der Waals surface area (Å²) in [5, 5.41) is 4.54. The molecule has 1 amide bonds. The van der Waals surface area contributed by atoms with Crippen LogP contribution in [0.2, 0.25) is 0 Å². The number of rotatable bonds is 4. The highest BCUT2D eigenvalue weighted by atomic mass is 16.6. The molecule has 1 saturated heterocycles. The smallest absolute Gasteiger partial charge is 0.410 e. The molecule has 0 spiro atoms. The van der Waals surface area contributed by atoms with Gasteiger partial charge in [-0.05, 0) is 59.9 Å². The molecule has 0 aromatic carbocycles. The molecule has 0 radical (unpaired) electrons. The average Bonchev–Trinajstić information content (AvgIpc) is 2.97. The highest BCUT2D eigenvalue weighted by Gasteiger charge is 2.38. The zero-order chi connectivity index (χ0) is 21.5. The van der Waals surface area contributed by atoms with Crippen LogP contribution < -0.4 is 0 Å². The van der Waals surface area contributed by atoms with Crippen molar-refractivity contribution in [1.82, 2.24) is 14.7 Å². The minimum Gasteiger partial charge on any atom is -0.444 e. The second kappa shape index (κ2) is 9.87. The number of hydrogen-bond acceptors (Lipinski definition) is 5. The molecule has 0 bridgehead atoms. The molecule has 2 rings (SSSR count). The lowest BCUT2D eigenvalue weighted by molar-refractivity contribution is 0.0170. The molecule has 0 unspecified atom stereocenters. The molecule has 1 aliphatic rings. The minimum absolute atomic E-state index is 0.280. The predicted octanol–water partition coefficient (Wildman–Crippen LogP) is 4.45. The third-order valence-electron chi connectivity index (χ3n) is 4.70. The molecule has 0 aliphatic carbocycles. The molecule has 28 heavy (non-hydrogen) atoms. The number of likely N-dealkylation sites (tertiary alicyclic amines) is 1. The molecule has 1 aliphatic heterocycles. The van der Waals surface area contributed by atoms with Crippen LogP contribution in [0.5, 0.6) is 0 Å². The van der Waals surface area contributed by atoms with Gasteiger partial charge in [0.05, 0.1) is 11.2 Å². The lowest BCUT2D eigenvalue weighted by atomic mass is 9.82. The first-order valence-electron chi connectivity index (χ1n) is 10.2. The van der Waals surface area contributed by atoms with E-state index in [0.717, 1.165) is 11.3 Å². The summed E-state index contributed by atoms with van der Waals surface area (Å²) in [5.74, 6) is 0. The van der Waals surface area contributed by atoms with Crippen LogP contribution >= 0.6 is 0 Å². The van der Waals surface area contributed by atoms with Crippen LogP contribution in [0.25, 0.3) is 0 Å². The average molecular weight is 393 g/mol. The quantitative estimate of drug-likeness (QED) is 0.560. The maximum absolute atomic E-state index is 12.3. The van der Waals surface area contributed by atoms with Gasteiger partial charge in [-0.1, -0.05) is 13.8 Å². The number of ether oxygens (including phenoxy) is 1. The standard InChI is InChI=1S/C19H30N4O3.C2H6/c1-14(2)23-12-16(15(3)21-23)11-19(20-13-24)7-9-22(10-8-19)17(25)26-18(4,5)6;1-2/h12,14H,7-11H2,1-6H3;1-2H3. The zero-order valence-corrected chi connectivity index (χ0v) is 18.7. The van der Waals surface area contributed by atoms with E-state index in [0.29, 0.717) is 32.4 Å². The largest absolute Gasteiger partial charge is 0.444 e. The summed E-state index contributed by atoms with van der Waals surface area (Å²) in [6.45, 7) is 16.7. The number of aryl methyl sites for hydroxylation is 1. The molecular formula is C21H36N4O3. The summed E-state index contributed by atoms with van der Waals surface area (Å²) in [6, 6.07) is 0.280. The normalized spacial score (nSPS) is 16.1. The summed E-state index contributed by atoms with van der Waals surface area (Å²) in [5.41, 5.74) is 0.988. The number of aliphatic imine (C=N–C) groups is 1. The van der Waals surface area contributed by atoms with Crippen molar-refractivity contribution in [3.8, 4) is 0 Å². The lowest BCUT2D eigenvalue weighted by Gasteiger charge is -2.38. The Balaban J connectivity index is 0.00000190. The third kappa shape index (κ3) is 6.48. The topological polar surface area (TPSA) is 76.8 Å². The van der Waals surface area contributed by atoms with Gasteiger partial charge in [-0.2, -0.15) is 10.1 Å². The van der Waals surface area contributed by atoms with Crippen molar-refractivity contribution >= 4 is 12.2 Å². The molecule has 1 fully saturated rings. The Morgan fingerprint density at radius 1 is 1.32 bits per heavy atom. The first-order chi connectivity index (χ1) is 13.1. The van der Waals surface area contributed by atoms with E-state index < -0.39 is 11.1 Å². The van der Waals surface area contributed by atoms with E-state index in [9.17, 15) is 9.59 Å². The molecule has 7 heteroatoms. The molecule has 7 nitrogen and oxygen atoms in total. The Bertz CT molecular complexity index is 689. The Morgan fingerprint density at radius 2 is 1.89 bits per heavy atom. The molecule has 1 aromatic rings. The number of hydrogen-bond donors (Lipinski definition) is 0. The number of piperidine rings is 1. The molecule has 0 saturated carbocycles. The molecule has 1 aromatic heterocycles. The second-order valence-electron chi connectivity index (χ2n) is 8.39. The van der Waals surface area contributed by atoms with Gasteiger partial charge < -0.3 is 9.64 Å². The fourth-order valence-electron chi connectivity index (χ4n) is 3.17. The predicted molar refractivity (Wildman–Crippen MR) is 110 cm³/mol. The monoisotopic (exact) mass is 392 g/mol. The number of carbonyl (C=O) groups excluding carboxylic acids is 2. The first kappa shape index (κ1) is 23.9. The van der Waals surface area contributed by atoms with Gasteiger partial charge in [-0.25, -0.2) is 9.59 Å². The van der Waals surface area contributed by atoms with E-state index in [1.807, 2.05) is 52.4 Å². The highest BCUT2D eigenvalue weighted by Crippen LogP contribution is 2.32. The summed E-state index contributed by atoms with van der Waals surface area (Å²) in [7, 11) is 0. The van der Waals surface area contributed by atoms with Crippen LogP contribution in [-0.4, -0.2) is 51.1 Å². The summed E-state index contributed by atoms with van der Waals surface area (Å²) in [4.78, 5) is 29.1. The summed E-state index contributed by atoms with van der Waals surface area (Å²) >= 11 is 0. The molecule has 2 heterocycles. The maximum atomic E-state index is 12.3. The van der Waals surface area contributed by atoms with Gasteiger partial charge in [0.1, 0.15) is 5.60 Å². The van der Waals surface area contributed by atoms with Crippen molar-refractivity contribution in [2.75, 3.05) is 13.1 Å². The van der Waals surface area contributed by atoms with Gasteiger partial charge in [0, 0.05) is 31.7 Å². The second-order valence-corrected chi connectivity index (χ2v) is 8.39. The number of amides is 1. The van der Waals surface area contributed by atoms with Crippen molar-refractivity contribution in [2.45, 2.75) is 91.8 Å². The van der Waals surface area contributed by atoms with Gasteiger partial charge in [-0.15, -0.1) is 0 Å². The maximum Gasteiger partial charge on any atom is 0.410 e. The van der Waals surface area contributed by atoms with Crippen LogP contribution in [0.4, 0.5) is 4.79 Å². The Kier molecular flexibility index (Phi) is 8.43. The minimum atomic E-state index is -0.532. The number of nitrogens with zero attached hydrogens (tertiary/aromatic N) is 4. The van der Waals surface area contributed by atoms with E-state index in [-0.39, 0.29) is 12.1 Å². The Hall–Kier alpha value is -2.14. The van der Waals surface area contributed by atoms with Crippen molar-refractivity contribution < 1.29 is 14.3 Å². The van der Waals surface area contributed by atoms with Crippen molar-refractivity contribution in [3.63, 3.8) is 0 Å². The molecular weight excluding hydrogens is 356 g/mol. The highest BCUT2D eigenvalue weighted by molar-refractivity contribution is 5.68. The van der Waals surface area contributed by atoms with Gasteiger partial charge in [0.25, 0.3) is 0 Å². The van der Waals surface area contributed by atoms with Gasteiger partial charge in [0.15, 0.2) is 0 Å². The van der Waals surface area contributed by atoms with Crippen LogP contribution in [0.3, 0.4) is 0 Å². The van der Waals surface area contributed by atoms with Crippen LogP contribution in [-0.2, 0) is 16.0 Å². The van der Waals surface area contributed by atoms with E-state index in [1.54, 1.807) is 11.0 Å². The third-order valence-corrected chi connectivity index (χ3v) is 4.70. The number of aromatic nitrogens is 2. The van der Waals surface area contributed by atoms with Crippen LogP contribution in [0, 0.1) is 6.92 Å². The first-order valence-corrected chi connectivity index (χ1v) is 10.2. The van der Waals surface area contributed by atoms with Crippen LogP contribution in [0.1, 0.15) is 78.6 Å². The Morgan fingerprint density at radius 3 is 2.32 bits per heavy atom. The van der Waals surface area contributed by atoms with E-state index in [1.165, 1.54) is 0 Å². The van der Waals surface area contributed by atoms with E-state index >= 15 is 0 Å². The van der Waals surface area contributed by atoms with Crippen LogP contribution in [0.15, 0.2) is 11.2 Å². The molecule has 0 N–H and O–H groups in total. The SMILES string of the molecule is CC.Cc1nn(C(C)C)cc1CC1(N=C=O)CCN(C(=O)OC(C)(C)C)CC1. The van der Waals surface area contributed by atoms with Crippen molar-refractivity contribution in [3.05, 3.63) is 17.5 Å². The fraction of sp³-hybridized carbons (Fsp3) is 0.762. The van der Waals surface area contributed by atoms with Crippen molar-refractivity contribution in [2.24, 2.45) is 4.99 Å². The summed E-state index contributed by atoms with van der Waals surface area (Å²) in [6.07, 6.45) is 5.30. The van der Waals surface area contributed by atoms with Gasteiger partial charge in [-0.3, -0.25) is 4.68 Å². The van der Waals surface area contributed by atoms with Crippen molar-refractivity contribution in [1.29, 1.82) is 0 Å². The van der Waals surface area contributed by atoms with E-state index in [4.69, 9.17) is 4.74 Å². The zero-order valence-electron chi connectivity index (χ0n) is 18.7. The molecule has 0 atom stereocenters. The number of isocyanates is 1. The van der Waals surface area contributed by atoms with E-state index in [2.05, 4.69) is 23.9 Å². The fourth-order valence-corrected chi connectivity index (χ4v) is 3.17. The van der Waals surface area contributed by atoms with Gasteiger partial charge >= 0.3 is 6.09 Å².